The molecule has 0 spiro atoms. The summed E-state index contributed by atoms with van der Waals surface area (Å²) in [5, 5.41) is 2.37. The van der Waals surface area contributed by atoms with Crippen LogP contribution in [-0.4, -0.2) is 64.6 Å². The van der Waals surface area contributed by atoms with Gasteiger partial charge < -0.3 is 15.0 Å². The van der Waals surface area contributed by atoms with Gasteiger partial charge in [0.2, 0.25) is 5.91 Å². The minimum absolute atomic E-state index is 0.0110. The van der Waals surface area contributed by atoms with Crippen molar-refractivity contribution in [2.75, 3.05) is 33.5 Å². The van der Waals surface area contributed by atoms with Crippen molar-refractivity contribution >= 4 is 27.6 Å². The number of ether oxygens (including phenoxy) is 1. The molecule has 0 fully saturated rings. The van der Waals surface area contributed by atoms with E-state index >= 15 is 0 Å². The largest absolute Gasteiger partial charge is 0.452 e. The summed E-state index contributed by atoms with van der Waals surface area (Å²) in [6.45, 7) is 0.923. The number of sulfone groups is 1. The first kappa shape index (κ1) is 19.6. The number of amides is 2. The average molecular weight is 356 g/mol. The van der Waals surface area contributed by atoms with Gasteiger partial charge in [0.05, 0.1) is 17.0 Å². The lowest BCUT2D eigenvalue weighted by molar-refractivity contribution is -0.137. The molecule has 0 aliphatic rings. The van der Waals surface area contributed by atoms with Gasteiger partial charge in [-0.05, 0) is 24.6 Å². The van der Waals surface area contributed by atoms with Gasteiger partial charge >= 0.3 is 5.97 Å². The number of likely N-dealkylation sites (N-methyl/N-ethyl adjacent to an activating group) is 2. The summed E-state index contributed by atoms with van der Waals surface area (Å²) in [5.74, 6) is -1.71. The molecule has 9 heteroatoms. The van der Waals surface area contributed by atoms with Gasteiger partial charge in [-0.2, -0.15) is 0 Å². The van der Waals surface area contributed by atoms with Crippen LogP contribution in [0.2, 0.25) is 0 Å². The Hall–Kier alpha value is -2.42. The molecule has 132 valence electrons. The number of nitrogens with one attached hydrogen (secondary N) is 1. The molecule has 0 aromatic heterocycles. The highest BCUT2D eigenvalue weighted by molar-refractivity contribution is 7.90. The van der Waals surface area contributed by atoms with Gasteiger partial charge in [0.15, 0.2) is 16.4 Å². The summed E-state index contributed by atoms with van der Waals surface area (Å²) < 4.78 is 28.0. The van der Waals surface area contributed by atoms with E-state index in [0.29, 0.717) is 5.56 Å². The maximum absolute atomic E-state index is 12.1. The molecule has 0 heterocycles. The Morgan fingerprint density at radius 1 is 1.25 bits per heavy atom. The minimum Gasteiger partial charge on any atom is -0.452 e. The monoisotopic (exact) mass is 356 g/mol. The van der Waals surface area contributed by atoms with Crippen LogP contribution in [0, 0.1) is 6.92 Å². The van der Waals surface area contributed by atoms with Gasteiger partial charge in [-0.3, -0.25) is 9.59 Å². The number of hydrogen-bond donors (Lipinski definition) is 1. The van der Waals surface area contributed by atoms with Crippen molar-refractivity contribution in [1.82, 2.24) is 10.2 Å². The number of nitrogens with zero attached hydrogens (tertiary/aromatic N) is 1. The van der Waals surface area contributed by atoms with Gasteiger partial charge in [0.1, 0.15) is 0 Å². The molecule has 24 heavy (non-hydrogen) atoms. The van der Waals surface area contributed by atoms with Crippen molar-refractivity contribution in [3.05, 3.63) is 29.3 Å². The second-order valence-electron chi connectivity index (χ2n) is 5.25. The Balaban J connectivity index is 2.79. The summed E-state index contributed by atoms with van der Waals surface area (Å²) in [6.07, 6.45) is 1.03. The second-order valence-corrected chi connectivity index (χ2v) is 7.26. The Kier molecular flexibility index (Phi) is 6.47. The fourth-order valence-electron chi connectivity index (χ4n) is 1.75. The first-order valence-electron chi connectivity index (χ1n) is 6.98. The molecule has 0 aliphatic carbocycles. The van der Waals surface area contributed by atoms with E-state index < -0.39 is 28.3 Å². The minimum atomic E-state index is -3.46. The smallest absolute Gasteiger partial charge is 0.338 e. The maximum atomic E-state index is 12.1. The maximum Gasteiger partial charge on any atom is 0.338 e. The summed E-state index contributed by atoms with van der Waals surface area (Å²) in [4.78, 5) is 36.2. The molecule has 0 aliphatic heterocycles. The summed E-state index contributed by atoms with van der Waals surface area (Å²) in [5.41, 5.74) is 0.596. The van der Waals surface area contributed by atoms with Crippen molar-refractivity contribution in [3.63, 3.8) is 0 Å². The van der Waals surface area contributed by atoms with Crippen LogP contribution in [0.1, 0.15) is 15.9 Å². The molecule has 8 nitrogen and oxygen atoms in total. The van der Waals surface area contributed by atoms with Crippen molar-refractivity contribution in [1.29, 1.82) is 0 Å². The lowest BCUT2D eigenvalue weighted by atomic mass is 10.1. The zero-order chi connectivity index (χ0) is 18.5. The summed E-state index contributed by atoms with van der Waals surface area (Å²) in [6, 6.07) is 4.10. The number of aryl methyl sites for hydroxylation is 1. The second kappa shape index (κ2) is 7.91. The molecule has 0 saturated carbocycles. The van der Waals surface area contributed by atoms with Crippen LogP contribution in [0.5, 0.6) is 0 Å². The van der Waals surface area contributed by atoms with Crippen LogP contribution in [0.3, 0.4) is 0 Å². The fraction of sp³-hybridized carbons (Fsp3) is 0.400. The third-order valence-electron chi connectivity index (χ3n) is 3.27. The van der Waals surface area contributed by atoms with Crippen LogP contribution in [0.4, 0.5) is 0 Å². The van der Waals surface area contributed by atoms with E-state index in [9.17, 15) is 22.8 Å². The number of esters is 1. The Morgan fingerprint density at radius 2 is 1.88 bits per heavy atom. The average Bonchev–Trinajstić information content (AvgIpc) is 2.51. The zero-order valence-corrected chi connectivity index (χ0v) is 14.8. The highest BCUT2D eigenvalue weighted by atomic mass is 32.2. The molecule has 0 bridgehead atoms. The fourth-order valence-corrected chi connectivity index (χ4v) is 2.40. The van der Waals surface area contributed by atoms with E-state index in [1.165, 1.54) is 32.3 Å². The zero-order valence-electron chi connectivity index (χ0n) is 14.0. The molecule has 0 unspecified atom stereocenters. The number of rotatable bonds is 6. The van der Waals surface area contributed by atoms with Crippen LogP contribution < -0.4 is 5.32 Å². The third kappa shape index (κ3) is 5.34. The van der Waals surface area contributed by atoms with Gasteiger partial charge in [0.25, 0.3) is 5.91 Å². The van der Waals surface area contributed by atoms with E-state index in [1.807, 2.05) is 0 Å². The Bertz CT molecular complexity index is 757. The molecular weight excluding hydrogens is 336 g/mol. The van der Waals surface area contributed by atoms with E-state index in [1.54, 1.807) is 6.92 Å². The van der Waals surface area contributed by atoms with Crippen molar-refractivity contribution in [3.8, 4) is 0 Å². The van der Waals surface area contributed by atoms with E-state index in [2.05, 4.69) is 5.32 Å². The number of carbonyl (C=O) groups is 3. The first-order chi connectivity index (χ1) is 11.1. The van der Waals surface area contributed by atoms with Crippen molar-refractivity contribution in [2.45, 2.75) is 11.8 Å². The number of benzene rings is 1. The Labute approximate surface area is 140 Å². The molecule has 2 amide bonds. The molecule has 0 atom stereocenters. The van der Waals surface area contributed by atoms with E-state index in [4.69, 9.17) is 4.74 Å². The van der Waals surface area contributed by atoms with Crippen LogP contribution >= 0.6 is 0 Å². The van der Waals surface area contributed by atoms with Crippen LogP contribution in [0.15, 0.2) is 23.1 Å². The van der Waals surface area contributed by atoms with Crippen molar-refractivity contribution in [2.24, 2.45) is 0 Å². The van der Waals surface area contributed by atoms with Crippen molar-refractivity contribution < 1.29 is 27.5 Å². The van der Waals surface area contributed by atoms with Gasteiger partial charge in [-0.15, -0.1) is 0 Å². The predicted molar refractivity (Wildman–Crippen MR) is 86.3 cm³/mol. The lowest BCUT2D eigenvalue weighted by Gasteiger charge is -2.16. The molecule has 1 N–H and O–H groups in total. The molecule has 0 saturated heterocycles. The third-order valence-corrected chi connectivity index (χ3v) is 4.38. The van der Waals surface area contributed by atoms with Gasteiger partial charge in [0, 0.05) is 20.4 Å². The van der Waals surface area contributed by atoms with Gasteiger partial charge in [-0.25, -0.2) is 13.2 Å². The van der Waals surface area contributed by atoms with Crippen LogP contribution in [-0.2, 0) is 24.2 Å². The standard InChI is InChI=1S/C15H20N2O6S/c1-10-5-6-11(24(4,21)22)7-12(10)15(20)23-9-14(19)17(3)8-13(18)16-2/h5-7H,8-9H2,1-4H3,(H,16,18). The lowest BCUT2D eigenvalue weighted by Crippen LogP contribution is -2.39. The molecule has 1 aromatic rings. The highest BCUT2D eigenvalue weighted by Crippen LogP contribution is 2.16. The molecule has 1 aromatic carbocycles. The topological polar surface area (TPSA) is 110 Å². The van der Waals surface area contributed by atoms with Crippen LogP contribution in [0.25, 0.3) is 0 Å². The SMILES string of the molecule is CNC(=O)CN(C)C(=O)COC(=O)c1cc(S(C)(=O)=O)ccc1C. The molecule has 1 rings (SSSR count). The molecule has 0 radical (unpaired) electrons. The highest BCUT2D eigenvalue weighted by Gasteiger charge is 2.18. The van der Waals surface area contributed by atoms with E-state index in [0.717, 1.165) is 11.2 Å². The normalized spacial score (nSPS) is 10.8. The Morgan fingerprint density at radius 3 is 2.42 bits per heavy atom. The number of hydrogen-bond acceptors (Lipinski definition) is 6. The summed E-state index contributed by atoms with van der Waals surface area (Å²) in [7, 11) is -0.618. The summed E-state index contributed by atoms with van der Waals surface area (Å²) >= 11 is 0. The number of carbonyl (C=O) groups excluding carboxylic acids is 3. The molecular formula is C15H20N2O6S. The van der Waals surface area contributed by atoms with E-state index in [-0.39, 0.29) is 22.9 Å². The quantitative estimate of drug-likeness (QED) is 0.705. The first-order valence-corrected chi connectivity index (χ1v) is 8.87. The van der Waals surface area contributed by atoms with Gasteiger partial charge in [-0.1, -0.05) is 6.07 Å². The predicted octanol–water partition coefficient (Wildman–Crippen LogP) is -0.240.